The fraction of sp³-hybridized carbons (Fsp3) is 0.125. The zero-order valence-electron chi connectivity index (χ0n) is 33.8. The summed E-state index contributed by atoms with van der Waals surface area (Å²) in [6.07, 6.45) is 6.65. The minimum Gasteiger partial charge on any atom is -0.228 e. The molecule has 2 aromatic heterocycles. The van der Waals surface area contributed by atoms with Crippen LogP contribution >= 0.6 is 0 Å². The van der Waals surface area contributed by atoms with Crippen LogP contribution in [-0.2, 0) is 5.41 Å². The number of nitrogens with zero attached hydrogens (tertiary/aromatic N) is 5. The summed E-state index contributed by atoms with van der Waals surface area (Å²) in [5.41, 5.74) is 14.1. The van der Waals surface area contributed by atoms with Crippen LogP contribution in [0.15, 0.2) is 194 Å². The monoisotopic (exact) mass is 785 g/mol. The van der Waals surface area contributed by atoms with Crippen LogP contribution in [0.2, 0.25) is 0 Å². The number of fused-ring (bicyclic) bond motifs is 2. The van der Waals surface area contributed by atoms with E-state index in [0.717, 1.165) is 73.2 Å². The Labute approximate surface area is 357 Å². The molecule has 0 atom stereocenters. The summed E-state index contributed by atoms with van der Waals surface area (Å²) in [7, 11) is 0. The first-order valence-corrected chi connectivity index (χ1v) is 21.4. The van der Waals surface area contributed by atoms with Gasteiger partial charge < -0.3 is 0 Å². The van der Waals surface area contributed by atoms with Gasteiger partial charge in [-0.05, 0) is 89.5 Å². The summed E-state index contributed by atoms with van der Waals surface area (Å²) < 4.78 is 0. The molecular formula is C56H43N5. The van der Waals surface area contributed by atoms with Crippen molar-refractivity contribution in [2.75, 3.05) is 0 Å². The topological polar surface area (TPSA) is 64.5 Å². The second-order valence-electron chi connectivity index (χ2n) is 16.6. The lowest BCUT2D eigenvalue weighted by Gasteiger charge is -2.27. The van der Waals surface area contributed by atoms with E-state index in [1.165, 1.54) is 43.2 Å². The molecule has 0 unspecified atom stereocenters. The molecule has 2 heterocycles. The summed E-state index contributed by atoms with van der Waals surface area (Å²) in [5, 5.41) is 0. The van der Waals surface area contributed by atoms with E-state index in [9.17, 15) is 0 Å². The molecular weight excluding hydrogens is 743 g/mol. The molecule has 292 valence electrons. The second kappa shape index (κ2) is 15.7. The van der Waals surface area contributed by atoms with Crippen molar-refractivity contribution in [1.82, 2.24) is 24.9 Å². The van der Waals surface area contributed by atoms with Crippen molar-refractivity contribution in [3.63, 3.8) is 0 Å². The normalized spacial score (nSPS) is 16.8. The SMILES string of the molecule is c1ccc(-c2ccc(-c3nc(-c4ccccc4)nc(-c4cccc(-c5ccc(-c6cc(-c7cccc(C89CCC(CC8)C9)c7)nc(-c7ccccc7)n6)cc5)c4)n3)cc2)cc1. The van der Waals surface area contributed by atoms with Gasteiger partial charge in [-0.2, -0.15) is 0 Å². The number of benzene rings is 7. The molecule has 61 heavy (non-hydrogen) atoms. The number of aromatic nitrogens is 5. The largest absolute Gasteiger partial charge is 0.228 e. The fourth-order valence-electron chi connectivity index (χ4n) is 9.53. The smallest absolute Gasteiger partial charge is 0.164 e. The van der Waals surface area contributed by atoms with Crippen LogP contribution in [0.25, 0.3) is 90.3 Å². The lowest BCUT2D eigenvalue weighted by atomic mass is 9.77. The van der Waals surface area contributed by atoms with E-state index in [2.05, 4.69) is 140 Å². The third-order valence-corrected chi connectivity index (χ3v) is 12.8. The van der Waals surface area contributed by atoms with E-state index in [-0.39, 0.29) is 0 Å². The Hall–Kier alpha value is -7.37. The van der Waals surface area contributed by atoms with Crippen molar-refractivity contribution in [3.05, 3.63) is 200 Å². The van der Waals surface area contributed by atoms with Crippen molar-refractivity contribution in [2.45, 2.75) is 37.5 Å². The van der Waals surface area contributed by atoms with Crippen LogP contribution in [0.5, 0.6) is 0 Å². The molecule has 2 saturated carbocycles. The second-order valence-corrected chi connectivity index (χ2v) is 16.6. The zero-order valence-corrected chi connectivity index (χ0v) is 33.8. The van der Waals surface area contributed by atoms with Gasteiger partial charge in [0.25, 0.3) is 0 Å². The van der Waals surface area contributed by atoms with E-state index in [0.29, 0.717) is 22.9 Å². The van der Waals surface area contributed by atoms with Gasteiger partial charge in [0.15, 0.2) is 23.3 Å². The Morgan fingerprint density at radius 2 is 0.721 bits per heavy atom. The van der Waals surface area contributed by atoms with E-state index >= 15 is 0 Å². The number of hydrogen-bond acceptors (Lipinski definition) is 5. The molecule has 0 radical (unpaired) electrons. The highest BCUT2D eigenvalue weighted by molar-refractivity contribution is 5.77. The lowest BCUT2D eigenvalue weighted by Crippen LogP contribution is -2.19. The van der Waals surface area contributed by atoms with Crippen molar-refractivity contribution >= 4 is 0 Å². The summed E-state index contributed by atoms with van der Waals surface area (Å²) in [6, 6.07) is 67.8. The predicted octanol–water partition coefficient (Wildman–Crippen LogP) is 13.8. The van der Waals surface area contributed by atoms with Crippen molar-refractivity contribution in [2.24, 2.45) is 5.92 Å². The first-order chi connectivity index (χ1) is 30.1. The van der Waals surface area contributed by atoms with E-state index in [4.69, 9.17) is 24.9 Å². The molecule has 2 aliphatic carbocycles. The average molecular weight is 786 g/mol. The Balaban J connectivity index is 0.929. The van der Waals surface area contributed by atoms with Gasteiger partial charge in [-0.1, -0.05) is 176 Å². The summed E-state index contributed by atoms with van der Waals surface area (Å²) >= 11 is 0. The van der Waals surface area contributed by atoms with Crippen LogP contribution in [0.4, 0.5) is 0 Å². The van der Waals surface area contributed by atoms with Crippen molar-refractivity contribution < 1.29 is 0 Å². The van der Waals surface area contributed by atoms with Gasteiger partial charge in [-0.25, -0.2) is 24.9 Å². The molecule has 0 N–H and O–H groups in total. The fourth-order valence-corrected chi connectivity index (χ4v) is 9.53. The first kappa shape index (κ1) is 36.7. The maximum atomic E-state index is 5.17. The predicted molar refractivity (Wildman–Crippen MR) is 247 cm³/mol. The molecule has 0 aliphatic heterocycles. The molecule has 7 aromatic carbocycles. The Morgan fingerprint density at radius 1 is 0.311 bits per heavy atom. The third kappa shape index (κ3) is 7.33. The van der Waals surface area contributed by atoms with Crippen molar-refractivity contribution in [1.29, 1.82) is 0 Å². The first-order valence-electron chi connectivity index (χ1n) is 21.4. The molecule has 0 amide bonds. The van der Waals surface area contributed by atoms with Crippen molar-refractivity contribution in [3.8, 4) is 90.3 Å². The van der Waals surface area contributed by atoms with Gasteiger partial charge in [-0.15, -0.1) is 0 Å². The van der Waals surface area contributed by atoms with Crippen LogP contribution in [-0.4, -0.2) is 24.9 Å². The van der Waals surface area contributed by atoms with Gasteiger partial charge in [0, 0.05) is 33.4 Å². The highest BCUT2D eigenvalue weighted by Gasteiger charge is 2.45. The van der Waals surface area contributed by atoms with E-state index < -0.39 is 0 Å². The maximum absolute atomic E-state index is 5.17. The third-order valence-electron chi connectivity index (χ3n) is 12.8. The highest BCUT2D eigenvalue weighted by Crippen LogP contribution is 2.55. The molecule has 11 rings (SSSR count). The highest BCUT2D eigenvalue weighted by atomic mass is 15.0. The van der Waals surface area contributed by atoms with E-state index in [1.54, 1.807) is 0 Å². The van der Waals surface area contributed by atoms with Crippen LogP contribution in [0, 0.1) is 5.92 Å². The lowest BCUT2D eigenvalue weighted by molar-refractivity contribution is 0.419. The molecule has 2 bridgehead atoms. The zero-order chi connectivity index (χ0) is 40.6. The van der Waals surface area contributed by atoms with Gasteiger partial charge in [0.1, 0.15) is 0 Å². The molecule has 9 aromatic rings. The Bertz CT molecular complexity index is 2970. The van der Waals surface area contributed by atoms with Gasteiger partial charge in [0.2, 0.25) is 0 Å². The number of rotatable bonds is 9. The molecule has 0 spiro atoms. The minimum atomic E-state index is 0.330. The average Bonchev–Trinajstić information content (AvgIpc) is 3.98. The van der Waals surface area contributed by atoms with Gasteiger partial charge in [-0.3, -0.25) is 0 Å². The van der Waals surface area contributed by atoms with Crippen LogP contribution in [0.3, 0.4) is 0 Å². The molecule has 0 saturated heterocycles. The quantitative estimate of drug-likeness (QED) is 0.146. The standard InChI is InChI=1S/C56H43N5/c1-4-12-39(13-5-1)40-24-28-45(29-25-40)54-59-53(44-16-8-3-9-17-44)60-55(61-54)48-20-10-18-46(34-48)41-22-26-42(27-23-41)50-36-51(58-52(57-50)43-14-6-2-7-15-43)47-19-11-21-49(35-47)56-32-30-38(37-56)31-33-56/h1-29,34-36,38H,30-33,37H2. The Kier molecular flexibility index (Phi) is 9.42. The molecule has 5 heteroatoms. The molecule has 2 fully saturated rings. The van der Waals surface area contributed by atoms with E-state index in [1.807, 2.05) is 54.6 Å². The van der Waals surface area contributed by atoms with Crippen LogP contribution < -0.4 is 0 Å². The molecule has 5 nitrogen and oxygen atoms in total. The van der Waals surface area contributed by atoms with Gasteiger partial charge in [0.05, 0.1) is 11.4 Å². The van der Waals surface area contributed by atoms with Crippen LogP contribution in [0.1, 0.15) is 37.7 Å². The Morgan fingerprint density at radius 3 is 1.31 bits per heavy atom. The summed E-state index contributed by atoms with van der Waals surface area (Å²) in [4.78, 5) is 25.4. The summed E-state index contributed by atoms with van der Waals surface area (Å²) in [5.74, 6) is 3.52. The molecule has 2 aliphatic rings. The summed E-state index contributed by atoms with van der Waals surface area (Å²) in [6.45, 7) is 0. The van der Waals surface area contributed by atoms with Gasteiger partial charge >= 0.3 is 0 Å². The maximum Gasteiger partial charge on any atom is 0.164 e. The number of hydrogen-bond donors (Lipinski definition) is 0. The minimum absolute atomic E-state index is 0.330.